The van der Waals surface area contributed by atoms with Crippen molar-refractivity contribution in [2.75, 3.05) is 18.9 Å². The molecule has 3 aromatic rings. The number of rotatable bonds is 2. The number of carbonyl (C=O) groups is 1. The summed E-state index contributed by atoms with van der Waals surface area (Å²) in [6.45, 7) is 1.85. The number of hydrogen-bond acceptors (Lipinski definition) is 5. The van der Waals surface area contributed by atoms with Crippen molar-refractivity contribution in [2.24, 2.45) is 0 Å². The SMILES string of the molecule is CN1CCc2nc(NC(=O)c3cc4ccccc4cc3O)sc2C1. The zero-order valence-electron chi connectivity index (χ0n) is 13.2. The second-order valence-corrected chi connectivity index (χ2v) is 7.13. The number of aromatic hydroxyl groups is 1. The van der Waals surface area contributed by atoms with Crippen LogP contribution >= 0.6 is 11.3 Å². The topological polar surface area (TPSA) is 65.5 Å². The summed E-state index contributed by atoms with van der Waals surface area (Å²) in [5, 5.41) is 15.4. The Morgan fingerprint density at radius 3 is 2.83 bits per heavy atom. The van der Waals surface area contributed by atoms with Gasteiger partial charge < -0.3 is 10.0 Å². The zero-order valence-corrected chi connectivity index (χ0v) is 14.1. The van der Waals surface area contributed by atoms with Gasteiger partial charge in [-0.25, -0.2) is 4.98 Å². The molecule has 24 heavy (non-hydrogen) atoms. The highest BCUT2D eigenvalue weighted by Crippen LogP contribution is 2.30. The molecule has 1 amide bonds. The molecule has 0 radical (unpaired) electrons. The van der Waals surface area contributed by atoms with Crippen LogP contribution in [0.2, 0.25) is 0 Å². The van der Waals surface area contributed by atoms with Gasteiger partial charge >= 0.3 is 0 Å². The number of fused-ring (bicyclic) bond motifs is 2. The molecule has 2 aromatic carbocycles. The summed E-state index contributed by atoms with van der Waals surface area (Å²) in [7, 11) is 2.08. The molecular weight excluding hydrogens is 322 g/mol. The van der Waals surface area contributed by atoms with E-state index in [0.717, 1.165) is 36.0 Å². The molecule has 5 nitrogen and oxygen atoms in total. The van der Waals surface area contributed by atoms with Gasteiger partial charge in [0.2, 0.25) is 0 Å². The van der Waals surface area contributed by atoms with Crippen LogP contribution in [0.25, 0.3) is 10.8 Å². The molecular formula is C18H17N3O2S. The van der Waals surface area contributed by atoms with Gasteiger partial charge in [-0.15, -0.1) is 11.3 Å². The number of nitrogens with zero attached hydrogens (tertiary/aromatic N) is 2. The van der Waals surface area contributed by atoms with Crippen molar-refractivity contribution in [3.05, 3.63) is 52.5 Å². The van der Waals surface area contributed by atoms with Crippen molar-refractivity contribution in [3.8, 4) is 5.75 Å². The van der Waals surface area contributed by atoms with Gasteiger partial charge in [-0.2, -0.15) is 0 Å². The number of likely N-dealkylation sites (N-methyl/N-ethyl adjacent to an activating group) is 1. The molecule has 0 saturated carbocycles. The van der Waals surface area contributed by atoms with Crippen molar-refractivity contribution >= 4 is 33.1 Å². The molecule has 0 saturated heterocycles. The van der Waals surface area contributed by atoms with E-state index in [0.29, 0.717) is 5.13 Å². The van der Waals surface area contributed by atoms with E-state index in [1.54, 1.807) is 12.1 Å². The Morgan fingerprint density at radius 1 is 1.29 bits per heavy atom. The quantitative estimate of drug-likeness (QED) is 0.752. The summed E-state index contributed by atoms with van der Waals surface area (Å²) >= 11 is 1.51. The highest BCUT2D eigenvalue weighted by atomic mass is 32.1. The Morgan fingerprint density at radius 2 is 2.04 bits per heavy atom. The lowest BCUT2D eigenvalue weighted by Crippen LogP contribution is -2.25. The average molecular weight is 339 g/mol. The van der Waals surface area contributed by atoms with E-state index >= 15 is 0 Å². The second kappa shape index (κ2) is 5.89. The molecule has 122 valence electrons. The van der Waals surface area contributed by atoms with Gasteiger partial charge in [-0.1, -0.05) is 24.3 Å². The summed E-state index contributed by atoms with van der Waals surface area (Å²) in [6, 6.07) is 11.0. The van der Waals surface area contributed by atoms with E-state index in [2.05, 4.69) is 22.2 Å². The first-order chi connectivity index (χ1) is 11.6. The van der Waals surface area contributed by atoms with E-state index in [1.165, 1.54) is 16.2 Å². The molecule has 0 fully saturated rings. The molecule has 0 aliphatic carbocycles. The minimum Gasteiger partial charge on any atom is -0.507 e. The van der Waals surface area contributed by atoms with E-state index < -0.39 is 0 Å². The molecule has 1 aromatic heterocycles. The van der Waals surface area contributed by atoms with Gasteiger partial charge in [0.1, 0.15) is 5.75 Å². The highest BCUT2D eigenvalue weighted by molar-refractivity contribution is 7.15. The summed E-state index contributed by atoms with van der Waals surface area (Å²) < 4.78 is 0. The van der Waals surface area contributed by atoms with Gasteiger partial charge in [-0.3, -0.25) is 10.1 Å². The van der Waals surface area contributed by atoms with Crippen molar-refractivity contribution in [2.45, 2.75) is 13.0 Å². The zero-order chi connectivity index (χ0) is 16.7. The number of amides is 1. The van der Waals surface area contributed by atoms with Gasteiger partial charge in [-0.05, 0) is 30.0 Å². The minimum atomic E-state index is -0.335. The Kier molecular flexibility index (Phi) is 3.70. The standard InChI is InChI=1S/C18H17N3O2S/c1-21-7-6-14-16(10-21)24-18(19-14)20-17(23)13-8-11-4-2-3-5-12(11)9-15(13)22/h2-5,8-9,22H,6-7,10H2,1H3,(H,19,20,23). The van der Waals surface area contributed by atoms with Crippen LogP contribution in [0.1, 0.15) is 20.9 Å². The number of benzene rings is 2. The number of hydrogen-bond donors (Lipinski definition) is 2. The lowest BCUT2D eigenvalue weighted by atomic mass is 10.1. The third-order valence-electron chi connectivity index (χ3n) is 4.25. The maximum Gasteiger partial charge on any atom is 0.261 e. The molecule has 0 atom stereocenters. The lowest BCUT2D eigenvalue weighted by molar-refractivity contribution is 0.102. The highest BCUT2D eigenvalue weighted by Gasteiger charge is 2.20. The van der Waals surface area contributed by atoms with Crippen LogP contribution in [-0.2, 0) is 13.0 Å². The van der Waals surface area contributed by atoms with Gasteiger partial charge in [0.15, 0.2) is 5.13 Å². The Labute approximate surface area is 143 Å². The van der Waals surface area contributed by atoms with Crippen molar-refractivity contribution < 1.29 is 9.90 Å². The largest absolute Gasteiger partial charge is 0.507 e. The van der Waals surface area contributed by atoms with Crippen LogP contribution < -0.4 is 5.32 Å². The lowest BCUT2D eigenvalue weighted by Gasteiger charge is -2.20. The molecule has 2 heterocycles. The Bertz CT molecular complexity index is 935. The van der Waals surface area contributed by atoms with E-state index in [-0.39, 0.29) is 17.2 Å². The first kappa shape index (κ1) is 15.1. The number of carbonyl (C=O) groups excluding carboxylic acids is 1. The van der Waals surface area contributed by atoms with Crippen molar-refractivity contribution in [1.82, 2.24) is 9.88 Å². The maximum absolute atomic E-state index is 12.5. The third-order valence-corrected chi connectivity index (χ3v) is 5.25. The number of phenolic OH excluding ortho intramolecular Hbond substituents is 1. The van der Waals surface area contributed by atoms with Crippen LogP contribution in [0, 0.1) is 0 Å². The Hall–Kier alpha value is -2.44. The number of thiazole rings is 1. The van der Waals surface area contributed by atoms with Crippen molar-refractivity contribution in [3.63, 3.8) is 0 Å². The van der Waals surface area contributed by atoms with Crippen molar-refractivity contribution in [1.29, 1.82) is 0 Å². The molecule has 0 unspecified atom stereocenters. The fraction of sp³-hybridized carbons (Fsp3) is 0.222. The molecule has 2 N–H and O–H groups in total. The van der Waals surface area contributed by atoms with E-state index in [1.807, 2.05) is 24.3 Å². The van der Waals surface area contributed by atoms with Gasteiger partial charge in [0, 0.05) is 24.4 Å². The Balaban J connectivity index is 1.61. The van der Waals surface area contributed by atoms with Crippen LogP contribution in [0.5, 0.6) is 5.75 Å². The number of nitrogens with one attached hydrogen (secondary N) is 1. The molecule has 0 spiro atoms. The predicted octanol–water partition coefficient (Wildman–Crippen LogP) is 3.24. The summed E-state index contributed by atoms with van der Waals surface area (Å²) in [5.74, 6) is -0.357. The fourth-order valence-electron chi connectivity index (χ4n) is 2.95. The van der Waals surface area contributed by atoms with Crippen LogP contribution in [0.3, 0.4) is 0 Å². The third kappa shape index (κ3) is 2.74. The number of aromatic nitrogens is 1. The molecule has 6 heteroatoms. The minimum absolute atomic E-state index is 0.0211. The first-order valence-corrected chi connectivity index (χ1v) is 8.62. The number of anilines is 1. The monoisotopic (exact) mass is 339 g/mol. The van der Waals surface area contributed by atoms with Crippen LogP contribution in [0.15, 0.2) is 36.4 Å². The first-order valence-electron chi connectivity index (χ1n) is 7.80. The van der Waals surface area contributed by atoms with E-state index in [9.17, 15) is 9.90 Å². The fourth-order valence-corrected chi connectivity index (χ4v) is 4.03. The van der Waals surface area contributed by atoms with Crippen LogP contribution in [-0.4, -0.2) is 34.5 Å². The smallest absolute Gasteiger partial charge is 0.261 e. The maximum atomic E-state index is 12.5. The molecule has 1 aliphatic rings. The molecule has 1 aliphatic heterocycles. The summed E-state index contributed by atoms with van der Waals surface area (Å²) in [6.07, 6.45) is 0.902. The van der Waals surface area contributed by atoms with Crippen LogP contribution in [0.4, 0.5) is 5.13 Å². The molecule has 0 bridgehead atoms. The normalized spacial score (nSPS) is 14.5. The van der Waals surface area contributed by atoms with E-state index in [4.69, 9.17) is 0 Å². The second-order valence-electron chi connectivity index (χ2n) is 6.05. The average Bonchev–Trinajstić information content (AvgIpc) is 2.95. The number of phenols is 1. The summed E-state index contributed by atoms with van der Waals surface area (Å²) in [5.41, 5.74) is 1.33. The van der Waals surface area contributed by atoms with Gasteiger partial charge in [0.25, 0.3) is 5.91 Å². The predicted molar refractivity (Wildman–Crippen MR) is 95.7 cm³/mol. The summed E-state index contributed by atoms with van der Waals surface area (Å²) in [4.78, 5) is 20.5. The molecule has 4 rings (SSSR count). The van der Waals surface area contributed by atoms with Gasteiger partial charge in [0.05, 0.1) is 11.3 Å².